The van der Waals surface area contributed by atoms with E-state index in [2.05, 4.69) is 10.2 Å². The summed E-state index contributed by atoms with van der Waals surface area (Å²) in [5.74, 6) is -1.90. The van der Waals surface area contributed by atoms with Crippen LogP contribution >= 0.6 is 0 Å². The summed E-state index contributed by atoms with van der Waals surface area (Å²) in [6.07, 6.45) is 8.17. The molecule has 0 aromatic carbocycles. The number of carbonyl (C=O) groups is 2. The van der Waals surface area contributed by atoms with Gasteiger partial charge in [-0.1, -0.05) is 12.2 Å². The minimum Gasteiger partial charge on any atom is -0.481 e. The Bertz CT molecular complexity index is 435. The molecule has 0 spiro atoms. The Balaban J connectivity index is 1.63. The number of fused-ring (bicyclic) bond motifs is 1. The number of nitrogens with zero attached hydrogens (tertiary/aromatic N) is 1. The van der Waals surface area contributed by atoms with E-state index < -0.39 is 17.8 Å². The molecule has 4 atom stereocenters. The van der Waals surface area contributed by atoms with Gasteiger partial charge in [0.25, 0.3) is 0 Å². The third-order valence-corrected chi connectivity index (χ3v) is 5.02. The quantitative estimate of drug-likeness (QED) is 0.756. The van der Waals surface area contributed by atoms with Crippen LogP contribution in [0.1, 0.15) is 32.1 Å². The Hall–Kier alpha value is -1.36. The molecule has 110 valence electrons. The molecule has 20 heavy (non-hydrogen) atoms. The summed E-state index contributed by atoms with van der Waals surface area (Å²) in [6, 6.07) is 0.687. The normalized spacial score (nSPS) is 36.8. The molecule has 3 rings (SSSR count). The second-order valence-corrected chi connectivity index (χ2v) is 6.14. The van der Waals surface area contributed by atoms with E-state index in [0.29, 0.717) is 18.9 Å². The van der Waals surface area contributed by atoms with Crippen LogP contribution < -0.4 is 5.32 Å². The van der Waals surface area contributed by atoms with E-state index in [4.69, 9.17) is 0 Å². The van der Waals surface area contributed by atoms with Gasteiger partial charge in [-0.15, -0.1) is 0 Å². The second kappa shape index (κ2) is 5.56. The molecular formula is C15H22N2O3. The summed E-state index contributed by atoms with van der Waals surface area (Å²) in [6.45, 7) is 2.20. The standard InChI is InChI=1S/C15H22N2O3/c18-14(10-4-1-2-5-11(10)15(19)20)16-12-7-9-17-8-3-6-13(12)17/h1-2,10-13H,3-9H2,(H,16,18)(H,19,20)/t10-,11+,12?,13?/m1/s1. The third-order valence-electron chi connectivity index (χ3n) is 5.02. The predicted molar refractivity (Wildman–Crippen MR) is 74.1 cm³/mol. The Labute approximate surface area is 119 Å². The number of amides is 1. The fourth-order valence-electron chi connectivity index (χ4n) is 3.92. The molecule has 5 heteroatoms. The van der Waals surface area contributed by atoms with E-state index in [9.17, 15) is 14.7 Å². The topological polar surface area (TPSA) is 69.6 Å². The number of nitrogens with one attached hydrogen (secondary N) is 1. The molecule has 2 saturated heterocycles. The van der Waals surface area contributed by atoms with Crippen molar-refractivity contribution in [3.8, 4) is 0 Å². The largest absolute Gasteiger partial charge is 0.481 e. The lowest BCUT2D eigenvalue weighted by Gasteiger charge is -2.27. The molecule has 0 aromatic heterocycles. The first-order chi connectivity index (χ1) is 9.66. The first kappa shape index (κ1) is 13.6. The maximum absolute atomic E-state index is 12.4. The lowest BCUT2D eigenvalue weighted by atomic mass is 9.82. The van der Waals surface area contributed by atoms with Crippen LogP contribution in [0.25, 0.3) is 0 Å². The molecule has 3 aliphatic rings. The summed E-state index contributed by atoms with van der Waals surface area (Å²) < 4.78 is 0. The van der Waals surface area contributed by atoms with Gasteiger partial charge in [0.2, 0.25) is 5.91 Å². The molecule has 5 nitrogen and oxygen atoms in total. The molecule has 0 bridgehead atoms. The van der Waals surface area contributed by atoms with Crippen molar-refractivity contribution in [3.05, 3.63) is 12.2 Å². The number of carboxylic acids is 1. The predicted octanol–water partition coefficient (Wildman–Crippen LogP) is 1.01. The summed E-state index contributed by atoms with van der Waals surface area (Å²) in [5.41, 5.74) is 0. The Morgan fingerprint density at radius 1 is 1.10 bits per heavy atom. The van der Waals surface area contributed by atoms with Crippen molar-refractivity contribution in [1.29, 1.82) is 0 Å². The molecule has 1 aliphatic carbocycles. The molecule has 0 aromatic rings. The van der Waals surface area contributed by atoms with Gasteiger partial charge < -0.3 is 10.4 Å². The molecule has 2 heterocycles. The molecule has 0 radical (unpaired) electrons. The maximum Gasteiger partial charge on any atom is 0.307 e. The molecule has 2 aliphatic heterocycles. The second-order valence-electron chi connectivity index (χ2n) is 6.14. The van der Waals surface area contributed by atoms with Crippen LogP contribution in [0.4, 0.5) is 0 Å². The molecule has 2 unspecified atom stereocenters. The van der Waals surface area contributed by atoms with Crippen molar-refractivity contribution in [1.82, 2.24) is 10.2 Å². The van der Waals surface area contributed by atoms with Crippen LogP contribution in [-0.2, 0) is 9.59 Å². The van der Waals surface area contributed by atoms with E-state index in [0.717, 1.165) is 25.9 Å². The summed E-state index contributed by atoms with van der Waals surface area (Å²) in [7, 11) is 0. The van der Waals surface area contributed by atoms with Crippen LogP contribution in [-0.4, -0.2) is 47.1 Å². The van der Waals surface area contributed by atoms with Crippen LogP contribution in [0.15, 0.2) is 12.2 Å². The molecule has 0 saturated carbocycles. The van der Waals surface area contributed by atoms with Gasteiger partial charge in [0.05, 0.1) is 11.8 Å². The minimum atomic E-state index is -0.858. The number of hydrogen-bond donors (Lipinski definition) is 2. The number of carboxylic acid groups (broad SMARTS) is 1. The third kappa shape index (κ3) is 2.46. The van der Waals surface area contributed by atoms with Gasteiger partial charge in [-0.3, -0.25) is 14.5 Å². The molecule has 1 amide bonds. The zero-order valence-corrected chi connectivity index (χ0v) is 11.6. The number of allylic oxidation sites excluding steroid dienone is 2. The summed E-state index contributed by atoms with van der Waals surface area (Å²) >= 11 is 0. The smallest absolute Gasteiger partial charge is 0.307 e. The fraction of sp³-hybridized carbons (Fsp3) is 0.733. The highest BCUT2D eigenvalue weighted by molar-refractivity contribution is 5.85. The SMILES string of the molecule is O=C(O)[C@H]1CC=CC[C@H]1C(=O)NC1CCN2CCCC12. The van der Waals surface area contributed by atoms with Crippen molar-refractivity contribution >= 4 is 11.9 Å². The highest BCUT2D eigenvalue weighted by Crippen LogP contribution is 2.30. The average Bonchev–Trinajstić information content (AvgIpc) is 3.03. The van der Waals surface area contributed by atoms with Crippen molar-refractivity contribution in [2.45, 2.75) is 44.2 Å². The van der Waals surface area contributed by atoms with Gasteiger partial charge in [0.1, 0.15) is 0 Å². The van der Waals surface area contributed by atoms with Gasteiger partial charge in [-0.25, -0.2) is 0 Å². The van der Waals surface area contributed by atoms with Crippen LogP contribution in [0.3, 0.4) is 0 Å². The van der Waals surface area contributed by atoms with E-state index in [-0.39, 0.29) is 11.9 Å². The number of rotatable bonds is 3. The fourth-order valence-corrected chi connectivity index (χ4v) is 3.92. The molecular weight excluding hydrogens is 256 g/mol. The van der Waals surface area contributed by atoms with Crippen molar-refractivity contribution in [2.75, 3.05) is 13.1 Å². The van der Waals surface area contributed by atoms with Crippen molar-refractivity contribution in [3.63, 3.8) is 0 Å². The summed E-state index contributed by atoms with van der Waals surface area (Å²) in [4.78, 5) is 26.1. The van der Waals surface area contributed by atoms with Gasteiger partial charge in [0.15, 0.2) is 0 Å². The van der Waals surface area contributed by atoms with Crippen molar-refractivity contribution < 1.29 is 14.7 Å². The summed E-state index contributed by atoms with van der Waals surface area (Å²) in [5, 5.41) is 12.4. The lowest BCUT2D eigenvalue weighted by Crippen LogP contribution is -2.47. The van der Waals surface area contributed by atoms with Crippen LogP contribution in [0, 0.1) is 11.8 Å². The monoisotopic (exact) mass is 278 g/mol. The first-order valence-electron chi connectivity index (χ1n) is 7.59. The highest BCUT2D eigenvalue weighted by Gasteiger charge is 2.40. The minimum absolute atomic E-state index is 0.0690. The van der Waals surface area contributed by atoms with Gasteiger partial charge >= 0.3 is 5.97 Å². The Kier molecular flexibility index (Phi) is 3.78. The lowest BCUT2D eigenvalue weighted by molar-refractivity contribution is -0.147. The van der Waals surface area contributed by atoms with E-state index in [1.165, 1.54) is 6.42 Å². The van der Waals surface area contributed by atoms with Crippen LogP contribution in [0.5, 0.6) is 0 Å². The molecule has 2 N–H and O–H groups in total. The number of carbonyl (C=O) groups excluding carboxylic acids is 1. The molecule has 2 fully saturated rings. The first-order valence-corrected chi connectivity index (χ1v) is 7.59. The number of hydrogen-bond acceptors (Lipinski definition) is 3. The van der Waals surface area contributed by atoms with E-state index in [1.807, 2.05) is 12.2 Å². The van der Waals surface area contributed by atoms with Gasteiger partial charge in [-0.05, 0) is 38.6 Å². The number of aliphatic carboxylic acids is 1. The van der Waals surface area contributed by atoms with Crippen LogP contribution in [0.2, 0.25) is 0 Å². The average molecular weight is 278 g/mol. The highest BCUT2D eigenvalue weighted by atomic mass is 16.4. The van der Waals surface area contributed by atoms with Gasteiger partial charge in [0, 0.05) is 18.6 Å². The zero-order valence-electron chi connectivity index (χ0n) is 11.6. The zero-order chi connectivity index (χ0) is 14.1. The Morgan fingerprint density at radius 3 is 2.60 bits per heavy atom. The van der Waals surface area contributed by atoms with E-state index >= 15 is 0 Å². The van der Waals surface area contributed by atoms with Gasteiger partial charge in [-0.2, -0.15) is 0 Å². The Morgan fingerprint density at radius 2 is 1.85 bits per heavy atom. The van der Waals surface area contributed by atoms with E-state index in [1.54, 1.807) is 0 Å². The maximum atomic E-state index is 12.4. The van der Waals surface area contributed by atoms with Crippen molar-refractivity contribution in [2.24, 2.45) is 11.8 Å².